The molecule has 0 atom stereocenters. The van der Waals surface area contributed by atoms with Crippen LogP contribution < -0.4 is 10.2 Å². The number of hydrogen-bond donors (Lipinski definition) is 1. The minimum absolute atomic E-state index is 0.153. The predicted octanol–water partition coefficient (Wildman–Crippen LogP) is 3.46. The average Bonchev–Trinajstić information content (AvgIpc) is 2.97. The Kier molecular flexibility index (Phi) is 7.66. The Hall–Kier alpha value is -1.93. The smallest absolute Gasteiger partial charge is 0.235 e. The predicted molar refractivity (Wildman–Crippen MR) is 118 cm³/mol. The summed E-state index contributed by atoms with van der Waals surface area (Å²) in [5, 5.41) is 2.68. The molecule has 156 valence electrons. The zero-order valence-electron chi connectivity index (χ0n) is 16.3. The Morgan fingerprint density at radius 1 is 1.00 bits per heavy atom. The molecular weight excluding hydrogens is 454 g/mol. The van der Waals surface area contributed by atoms with Crippen LogP contribution >= 0.6 is 15.9 Å². The SMILES string of the molecule is O=C(CS(=O)(=O)Cc1ccc(Br)cc1)NCc1ccc(N2CCCCCC2)nc1. The maximum absolute atomic E-state index is 12.3. The van der Waals surface area contributed by atoms with Crippen LogP contribution in [0, 0.1) is 0 Å². The second kappa shape index (κ2) is 10.2. The molecule has 8 heteroatoms. The Balaban J connectivity index is 1.48. The molecule has 1 aliphatic heterocycles. The number of anilines is 1. The summed E-state index contributed by atoms with van der Waals surface area (Å²) >= 11 is 3.32. The molecule has 0 bridgehead atoms. The molecule has 1 aromatic carbocycles. The average molecular weight is 480 g/mol. The highest BCUT2D eigenvalue weighted by molar-refractivity contribution is 9.10. The number of nitrogens with one attached hydrogen (secondary N) is 1. The zero-order chi connectivity index (χ0) is 20.7. The number of halogens is 1. The fourth-order valence-corrected chi connectivity index (χ4v) is 4.91. The lowest BCUT2D eigenvalue weighted by Gasteiger charge is -2.21. The molecule has 1 amide bonds. The van der Waals surface area contributed by atoms with Crippen LogP contribution in [0.2, 0.25) is 0 Å². The van der Waals surface area contributed by atoms with Gasteiger partial charge in [-0.2, -0.15) is 0 Å². The van der Waals surface area contributed by atoms with Crippen LogP contribution in [-0.2, 0) is 26.9 Å². The van der Waals surface area contributed by atoms with E-state index in [1.165, 1.54) is 25.7 Å². The van der Waals surface area contributed by atoms with Crippen molar-refractivity contribution in [2.75, 3.05) is 23.7 Å². The molecule has 1 N–H and O–H groups in total. The fraction of sp³-hybridized carbons (Fsp3) is 0.429. The van der Waals surface area contributed by atoms with Crippen molar-refractivity contribution in [3.8, 4) is 0 Å². The van der Waals surface area contributed by atoms with Gasteiger partial charge in [-0.15, -0.1) is 0 Å². The first-order valence-electron chi connectivity index (χ1n) is 9.83. The Morgan fingerprint density at radius 3 is 2.28 bits per heavy atom. The van der Waals surface area contributed by atoms with E-state index in [0.717, 1.165) is 28.9 Å². The Morgan fingerprint density at radius 2 is 1.66 bits per heavy atom. The molecule has 3 rings (SSSR count). The fourth-order valence-electron chi connectivity index (χ4n) is 3.35. The Bertz CT molecular complexity index is 907. The van der Waals surface area contributed by atoms with Crippen molar-refractivity contribution in [1.29, 1.82) is 0 Å². The van der Waals surface area contributed by atoms with Crippen molar-refractivity contribution in [2.45, 2.75) is 38.0 Å². The maximum atomic E-state index is 12.3. The van der Waals surface area contributed by atoms with E-state index >= 15 is 0 Å². The molecule has 1 saturated heterocycles. The highest BCUT2D eigenvalue weighted by Gasteiger charge is 2.17. The molecule has 1 aromatic heterocycles. The summed E-state index contributed by atoms with van der Waals surface area (Å²) in [6, 6.07) is 10.9. The molecular formula is C21H26BrN3O3S. The quantitative estimate of drug-likeness (QED) is 0.657. The van der Waals surface area contributed by atoms with Crippen molar-refractivity contribution in [3.05, 3.63) is 58.2 Å². The number of aromatic nitrogens is 1. The summed E-state index contributed by atoms with van der Waals surface area (Å²) in [7, 11) is -3.53. The van der Waals surface area contributed by atoms with Crippen molar-refractivity contribution >= 4 is 37.5 Å². The van der Waals surface area contributed by atoms with E-state index < -0.39 is 21.5 Å². The number of nitrogens with zero attached hydrogens (tertiary/aromatic N) is 2. The van der Waals surface area contributed by atoms with Crippen LogP contribution in [0.3, 0.4) is 0 Å². The first-order chi connectivity index (χ1) is 13.9. The molecule has 1 aliphatic rings. The lowest BCUT2D eigenvalue weighted by Crippen LogP contribution is -2.30. The molecule has 0 unspecified atom stereocenters. The summed E-state index contributed by atoms with van der Waals surface area (Å²) in [6.07, 6.45) is 6.66. The van der Waals surface area contributed by atoms with Crippen LogP contribution in [0.15, 0.2) is 47.1 Å². The van der Waals surface area contributed by atoms with Crippen LogP contribution in [0.5, 0.6) is 0 Å². The van der Waals surface area contributed by atoms with Gasteiger partial charge in [0.2, 0.25) is 5.91 Å². The standard InChI is InChI=1S/C21H26BrN3O3S/c22-19-8-5-17(6-9-19)15-29(27,28)16-21(26)24-14-18-7-10-20(23-13-18)25-11-3-1-2-4-12-25/h5-10,13H,1-4,11-12,14-16H2,(H,24,26). The third kappa shape index (κ3) is 7.12. The highest BCUT2D eigenvalue weighted by Crippen LogP contribution is 2.17. The van der Waals surface area contributed by atoms with Crippen LogP contribution in [-0.4, -0.2) is 38.2 Å². The van der Waals surface area contributed by atoms with Gasteiger partial charge < -0.3 is 10.2 Å². The molecule has 6 nitrogen and oxygen atoms in total. The zero-order valence-corrected chi connectivity index (χ0v) is 18.7. The molecule has 29 heavy (non-hydrogen) atoms. The van der Waals surface area contributed by atoms with Crippen molar-refractivity contribution in [2.24, 2.45) is 0 Å². The molecule has 2 heterocycles. The van der Waals surface area contributed by atoms with Gasteiger partial charge in [-0.1, -0.05) is 47.0 Å². The largest absolute Gasteiger partial charge is 0.357 e. The van der Waals surface area contributed by atoms with Crippen molar-refractivity contribution < 1.29 is 13.2 Å². The van der Waals surface area contributed by atoms with E-state index in [0.29, 0.717) is 5.56 Å². The van der Waals surface area contributed by atoms with E-state index in [9.17, 15) is 13.2 Å². The number of sulfone groups is 1. The summed E-state index contributed by atoms with van der Waals surface area (Å²) in [5.41, 5.74) is 1.51. The summed E-state index contributed by atoms with van der Waals surface area (Å²) in [5.74, 6) is -0.222. The maximum Gasteiger partial charge on any atom is 0.235 e. The van der Waals surface area contributed by atoms with Crippen molar-refractivity contribution in [1.82, 2.24) is 10.3 Å². The van der Waals surface area contributed by atoms with E-state index in [2.05, 4.69) is 31.1 Å². The van der Waals surface area contributed by atoms with E-state index in [-0.39, 0.29) is 12.3 Å². The second-order valence-corrected chi connectivity index (χ2v) is 10.3. The summed E-state index contributed by atoms with van der Waals surface area (Å²) in [6.45, 7) is 2.32. The number of carbonyl (C=O) groups is 1. The van der Waals surface area contributed by atoms with Gasteiger partial charge in [0.05, 0.1) is 5.75 Å². The molecule has 0 spiro atoms. The third-order valence-electron chi connectivity index (χ3n) is 4.88. The molecule has 0 aliphatic carbocycles. The van der Waals surface area contributed by atoms with Gasteiger partial charge in [-0.25, -0.2) is 13.4 Å². The molecule has 2 aromatic rings. The van der Waals surface area contributed by atoms with Crippen LogP contribution in [0.4, 0.5) is 5.82 Å². The minimum Gasteiger partial charge on any atom is -0.357 e. The van der Waals surface area contributed by atoms with E-state index in [1.807, 2.05) is 12.1 Å². The first kappa shape index (κ1) is 21.8. The van der Waals surface area contributed by atoms with Gasteiger partial charge in [0, 0.05) is 30.3 Å². The van der Waals surface area contributed by atoms with Gasteiger partial charge in [-0.3, -0.25) is 4.79 Å². The number of pyridine rings is 1. The second-order valence-electron chi connectivity index (χ2n) is 7.36. The minimum atomic E-state index is -3.53. The normalized spacial score (nSPS) is 15.0. The molecule has 1 fully saturated rings. The van der Waals surface area contributed by atoms with Gasteiger partial charge in [0.15, 0.2) is 9.84 Å². The summed E-state index contributed by atoms with van der Waals surface area (Å²) in [4.78, 5) is 18.9. The number of carbonyl (C=O) groups excluding carboxylic acids is 1. The summed E-state index contributed by atoms with van der Waals surface area (Å²) < 4.78 is 25.4. The topological polar surface area (TPSA) is 79.4 Å². The van der Waals surface area contributed by atoms with E-state index in [1.54, 1.807) is 30.5 Å². The molecule has 0 saturated carbocycles. The van der Waals surface area contributed by atoms with Gasteiger partial charge in [0.1, 0.15) is 11.6 Å². The number of rotatable bonds is 7. The monoisotopic (exact) mass is 479 g/mol. The van der Waals surface area contributed by atoms with Crippen LogP contribution in [0.1, 0.15) is 36.8 Å². The van der Waals surface area contributed by atoms with E-state index in [4.69, 9.17) is 0 Å². The first-order valence-corrected chi connectivity index (χ1v) is 12.4. The van der Waals surface area contributed by atoms with Gasteiger partial charge in [-0.05, 0) is 42.2 Å². The number of benzene rings is 1. The molecule has 0 radical (unpaired) electrons. The van der Waals surface area contributed by atoms with Gasteiger partial charge in [0.25, 0.3) is 0 Å². The lowest BCUT2D eigenvalue weighted by atomic mass is 10.2. The van der Waals surface area contributed by atoms with Crippen LogP contribution in [0.25, 0.3) is 0 Å². The highest BCUT2D eigenvalue weighted by atomic mass is 79.9. The number of hydrogen-bond acceptors (Lipinski definition) is 5. The Labute approximate surface area is 180 Å². The number of amides is 1. The lowest BCUT2D eigenvalue weighted by molar-refractivity contribution is -0.118. The third-order valence-corrected chi connectivity index (χ3v) is 6.88. The van der Waals surface area contributed by atoms with Crippen molar-refractivity contribution in [3.63, 3.8) is 0 Å². The van der Waals surface area contributed by atoms with Gasteiger partial charge >= 0.3 is 0 Å².